The summed E-state index contributed by atoms with van der Waals surface area (Å²) in [6.45, 7) is 27.7. The summed E-state index contributed by atoms with van der Waals surface area (Å²) in [6, 6.07) is 0.473. The van der Waals surface area contributed by atoms with Gasteiger partial charge in [0, 0.05) is 48.9 Å². The van der Waals surface area contributed by atoms with Crippen LogP contribution in [0, 0.1) is 65.6 Å². The first-order valence-corrected chi connectivity index (χ1v) is 22.6. The molecule has 0 amide bonds. The third kappa shape index (κ3) is 8.23. The second-order valence-electron chi connectivity index (χ2n) is 16.1. The lowest BCUT2D eigenvalue weighted by molar-refractivity contribution is 0.0210. The number of nitrogens with zero attached hydrogens (tertiary/aromatic N) is 4. The predicted octanol–water partition coefficient (Wildman–Crippen LogP) is 8.46. The summed E-state index contributed by atoms with van der Waals surface area (Å²) in [6.07, 6.45) is 12.2. The average molecular weight is 803 g/mol. The minimum Gasteiger partial charge on any atom is -0.327 e. The zero-order chi connectivity index (χ0) is 38.3. The molecule has 2 N–H and O–H groups in total. The lowest BCUT2D eigenvalue weighted by Crippen LogP contribution is -2.35. The highest BCUT2D eigenvalue weighted by Crippen LogP contribution is 2.76. The number of H-pyrrole nitrogens is 2. The van der Waals surface area contributed by atoms with E-state index in [1.165, 1.54) is 12.8 Å². The van der Waals surface area contributed by atoms with Crippen LogP contribution in [0.25, 0.3) is 9.69 Å². The lowest BCUT2D eigenvalue weighted by atomic mass is 9.84. The second-order valence-corrected chi connectivity index (χ2v) is 19.5. The van der Waals surface area contributed by atoms with Crippen LogP contribution in [0.3, 0.4) is 0 Å². The molecule has 5 aliphatic carbocycles. The smallest absolute Gasteiger partial charge is 0.254 e. The molecule has 288 valence electrons. The van der Waals surface area contributed by atoms with Gasteiger partial charge in [-0.2, -0.15) is 0 Å². The summed E-state index contributed by atoms with van der Waals surface area (Å²) in [5, 5.41) is 0. The Hall–Kier alpha value is -2.12. The molecule has 0 aromatic carbocycles. The number of aromatic amines is 2. The van der Waals surface area contributed by atoms with Gasteiger partial charge in [-0.25, -0.2) is 13.1 Å². The van der Waals surface area contributed by atoms with Crippen molar-refractivity contribution in [2.45, 2.75) is 102 Å². The molecule has 5 saturated carbocycles. The maximum atomic E-state index is 11.9. The van der Waals surface area contributed by atoms with Crippen LogP contribution in [-0.2, 0) is 18.1 Å². The van der Waals surface area contributed by atoms with Gasteiger partial charge >= 0.3 is 0 Å². The Kier molecular flexibility index (Phi) is 12.4. The van der Waals surface area contributed by atoms with Crippen molar-refractivity contribution in [3.05, 3.63) is 76.6 Å². The van der Waals surface area contributed by atoms with E-state index in [2.05, 4.69) is 38.1 Å². The first-order valence-electron chi connectivity index (χ1n) is 18.6. The molecule has 12 nitrogen and oxygen atoms in total. The largest absolute Gasteiger partial charge is 0.327 e. The van der Waals surface area contributed by atoms with Crippen LogP contribution in [-0.4, -0.2) is 69.9 Å². The summed E-state index contributed by atoms with van der Waals surface area (Å²) in [5.41, 5.74) is 1.15. The zero-order valence-corrected chi connectivity index (χ0v) is 35.0. The number of rotatable bonds is 12. The molecule has 2 aromatic heterocycles. The third-order valence-corrected chi connectivity index (χ3v) is 15.7. The molecule has 2 heterocycles. The van der Waals surface area contributed by atoms with Crippen molar-refractivity contribution >= 4 is 41.2 Å². The lowest BCUT2D eigenvalue weighted by Gasteiger charge is -2.35. The van der Waals surface area contributed by atoms with Crippen molar-refractivity contribution in [1.29, 1.82) is 0 Å². The molecule has 16 heteroatoms. The summed E-state index contributed by atoms with van der Waals surface area (Å²) in [4.78, 5) is 35.9. The molecule has 53 heavy (non-hydrogen) atoms. The van der Waals surface area contributed by atoms with E-state index in [1.54, 1.807) is 0 Å². The van der Waals surface area contributed by atoms with Crippen molar-refractivity contribution < 1.29 is 18.1 Å². The molecule has 0 spiro atoms. The van der Waals surface area contributed by atoms with Crippen molar-refractivity contribution in [2.24, 2.45) is 29.1 Å². The van der Waals surface area contributed by atoms with Gasteiger partial charge in [0.05, 0.1) is 11.2 Å². The molecule has 2 aromatic rings. The molecular formula is C37H52N6O6P2S2. The highest BCUT2D eigenvalue weighted by atomic mass is 32.1. The van der Waals surface area contributed by atoms with Gasteiger partial charge < -0.3 is 36.9 Å². The van der Waals surface area contributed by atoms with Gasteiger partial charge in [-0.3, -0.25) is 19.6 Å². The highest BCUT2D eigenvalue weighted by Gasteiger charge is 2.72. The van der Waals surface area contributed by atoms with Crippen LogP contribution in [0.2, 0.25) is 0 Å². The summed E-state index contributed by atoms with van der Waals surface area (Å²) < 4.78 is 29.7. The predicted molar refractivity (Wildman–Crippen MR) is 212 cm³/mol. The van der Waals surface area contributed by atoms with Crippen LogP contribution < -0.4 is 11.1 Å². The molecule has 0 aliphatic heterocycles. The van der Waals surface area contributed by atoms with Gasteiger partial charge in [0.25, 0.3) is 11.1 Å². The Morgan fingerprint density at radius 2 is 1.36 bits per heavy atom. The Bertz CT molecular complexity index is 2010. The SMILES string of the molecule is [C-]#[N+]CCOP(C)O[C@@]12C[C@H](n3cc(C)c(=O)[nH]c3=S)C[C@@H]1[C@@]1(C)C[C@H]1C2.[C-]#[N+]CCOP(C)O[C@]12CC[C@@H](C)[C@H]1C[C@@H](n1cc(C)c(=O)[nH]c1=S)C2. The van der Waals surface area contributed by atoms with E-state index in [1.807, 2.05) is 44.1 Å². The highest BCUT2D eigenvalue weighted by molar-refractivity contribution is 7.71. The molecule has 0 bridgehead atoms. The fourth-order valence-electron chi connectivity index (χ4n) is 10.1. The normalized spacial score (nSPS) is 34.6. The fourth-order valence-corrected chi connectivity index (χ4v) is 13.1. The first-order chi connectivity index (χ1) is 25.1. The molecule has 0 radical (unpaired) electrons. The number of aryl methyl sites for hydroxylation is 2. The number of aromatic nitrogens is 4. The van der Waals surface area contributed by atoms with Gasteiger partial charge in [-0.1, -0.05) is 13.8 Å². The monoisotopic (exact) mass is 802 g/mol. The van der Waals surface area contributed by atoms with Gasteiger partial charge in [0.15, 0.2) is 26.3 Å². The van der Waals surface area contributed by atoms with E-state index in [9.17, 15) is 9.59 Å². The maximum absolute atomic E-state index is 11.9. The minimum atomic E-state index is -1.01. The van der Waals surface area contributed by atoms with Gasteiger partial charge in [-0.05, 0) is 119 Å². The van der Waals surface area contributed by atoms with E-state index in [-0.39, 0.29) is 34.4 Å². The van der Waals surface area contributed by atoms with E-state index >= 15 is 0 Å². The number of hydrogen-bond donors (Lipinski definition) is 2. The number of hydrogen-bond acceptors (Lipinski definition) is 8. The van der Waals surface area contributed by atoms with Crippen LogP contribution in [0.5, 0.6) is 0 Å². The van der Waals surface area contributed by atoms with Gasteiger partial charge in [-0.15, -0.1) is 0 Å². The van der Waals surface area contributed by atoms with Crippen molar-refractivity contribution in [2.75, 3.05) is 39.6 Å². The van der Waals surface area contributed by atoms with Crippen molar-refractivity contribution in [3.63, 3.8) is 0 Å². The zero-order valence-electron chi connectivity index (χ0n) is 31.6. The van der Waals surface area contributed by atoms with E-state index < -0.39 is 16.8 Å². The van der Waals surface area contributed by atoms with E-state index in [0.29, 0.717) is 70.1 Å². The average Bonchev–Trinajstić information content (AvgIpc) is 3.39. The molecule has 2 unspecified atom stereocenters. The summed E-state index contributed by atoms with van der Waals surface area (Å²) in [7, 11) is -2.02. The fraction of sp³-hybridized carbons (Fsp3) is 0.730. The standard InChI is InChI=1S/C19H26N3O3PS.C18H26N3O3PS/c1-12-11-22(17(27)21-16(12)23)14-7-15-18(2)8-13(18)9-19(15,10-14)25-26(4)24-6-5-20-3;1-12-5-6-18(24-25(4)23-8-7-19-3)10-14(9-15(12)18)21-11-13(2)16(22)20-17(21)26/h11,13-15H,5-10H2,1-2,4H3,(H,21,23,27);11-12,14-15H,5-10H2,1-2,4H3,(H,20,22,26)/t13-,14+,15+,18-,19-,26?;12-,14-,15-,18+,25?/m01/s1. The Labute approximate surface area is 324 Å². The summed E-state index contributed by atoms with van der Waals surface area (Å²) >= 11 is 10.9. The van der Waals surface area contributed by atoms with Crippen molar-refractivity contribution in [3.8, 4) is 0 Å². The second kappa shape index (κ2) is 16.2. The molecular weight excluding hydrogens is 751 g/mol. The maximum Gasteiger partial charge on any atom is 0.254 e. The Morgan fingerprint density at radius 1 is 0.849 bits per heavy atom. The summed E-state index contributed by atoms with van der Waals surface area (Å²) in [5.74, 6) is 2.31. The topological polar surface area (TPSA) is 121 Å². The molecule has 5 aliphatic rings. The van der Waals surface area contributed by atoms with Crippen LogP contribution >= 0.6 is 41.2 Å². The number of fused-ring (bicyclic) bond motifs is 4. The Morgan fingerprint density at radius 3 is 1.91 bits per heavy atom. The quantitative estimate of drug-likeness (QED) is 0.0950. The number of nitrogens with one attached hydrogen (secondary N) is 2. The molecule has 7 rings (SSSR count). The third-order valence-electron chi connectivity index (χ3n) is 12.7. The van der Waals surface area contributed by atoms with Crippen LogP contribution in [0.1, 0.15) is 88.4 Å². The van der Waals surface area contributed by atoms with Crippen LogP contribution in [0.4, 0.5) is 0 Å². The van der Waals surface area contributed by atoms with Crippen LogP contribution in [0.15, 0.2) is 22.0 Å². The minimum absolute atomic E-state index is 0.111. The first kappa shape index (κ1) is 40.5. The Balaban J connectivity index is 0.000000182. The molecule has 0 saturated heterocycles. The van der Waals surface area contributed by atoms with E-state index in [0.717, 1.165) is 44.4 Å². The van der Waals surface area contributed by atoms with Crippen molar-refractivity contribution in [1.82, 2.24) is 19.1 Å². The molecule has 11 atom stereocenters. The van der Waals surface area contributed by atoms with Gasteiger partial charge in [0.1, 0.15) is 13.2 Å². The molecule has 5 fully saturated rings. The van der Waals surface area contributed by atoms with Gasteiger partial charge in [0.2, 0.25) is 13.1 Å². The van der Waals surface area contributed by atoms with E-state index in [4.69, 9.17) is 55.7 Å².